The maximum Gasteiger partial charge on any atom is 0.232 e. The van der Waals surface area contributed by atoms with Gasteiger partial charge in [-0.3, -0.25) is 5.43 Å². The number of hydrogen-bond acceptors (Lipinski definition) is 6. The summed E-state index contributed by atoms with van der Waals surface area (Å²) in [5.41, 5.74) is 14.9. The molecule has 0 bridgehead atoms. The Labute approximate surface area is 222 Å². The molecule has 4 aromatic rings. The van der Waals surface area contributed by atoms with Gasteiger partial charge in [-0.15, -0.1) is 11.8 Å². The Balaban J connectivity index is 1.30. The van der Waals surface area contributed by atoms with Crippen molar-refractivity contribution in [2.75, 3.05) is 0 Å². The van der Waals surface area contributed by atoms with Gasteiger partial charge in [-0.25, -0.2) is 10.4 Å². The molecule has 1 heterocycles. The van der Waals surface area contributed by atoms with Crippen LogP contribution in [0, 0.1) is 6.92 Å². The predicted molar refractivity (Wildman–Crippen MR) is 154 cm³/mol. The molecule has 4 aromatic carbocycles. The van der Waals surface area contributed by atoms with Crippen LogP contribution in [0.2, 0.25) is 0 Å². The highest BCUT2D eigenvalue weighted by Crippen LogP contribution is 2.37. The SMILES string of the molecule is Cc1ccccc1SC(C=CNNC1=NC(c2ccccc2)C(c2ccccc2)=NN1)c1ccccc1. The molecule has 0 saturated carbocycles. The molecule has 0 fully saturated rings. The summed E-state index contributed by atoms with van der Waals surface area (Å²) in [6, 6.07) is 39.1. The van der Waals surface area contributed by atoms with Gasteiger partial charge in [0, 0.05) is 16.7 Å². The number of thioether (sulfide) groups is 1. The van der Waals surface area contributed by atoms with E-state index in [9.17, 15) is 0 Å². The van der Waals surface area contributed by atoms with Crippen LogP contribution in [0.5, 0.6) is 0 Å². The first-order valence-electron chi connectivity index (χ1n) is 12.2. The van der Waals surface area contributed by atoms with Crippen LogP contribution < -0.4 is 16.3 Å². The normalized spacial score (nSPS) is 15.9. The van der Waals surface area contributed by atoms with Gasteiger partial charge in [0.05, 0.1) is 11.0 Å². The van der Waals surface area contributed by atoms with Crippen LogP contribution in [0.25, 0.3) is 0 Å². The van der Waals surface area contributed by atoms with Crippen LogP contribution in [0.4, 0.5) is 0 Å². The predicted octanol–water partition coefficient (Wildman–Crippen LogP) is 6.54. The van der Waals surface area contributed by atoms with Gasteiger partial charge >= 0.3 is 0 Å². The summed E-state index contributed by atoms with van der Waals surface area (Å²) in [7, 11) is 0. The van der Waals surface area contributed by atoms with Crippen molar-refractivity contribution in [1.82, 2.24) is 16.3 Å². The van der Waals surface area contributed by atoms with Crippen molar-refractivity contribution in [3.8, 4) is 0 Å². The highest BCUT2D eigenvalue weighted by Gasteiger charge is 2.23. The van der Waals surface area contributed by atoms with Gasteiger partial charge in [0.15, 0.2) is 0 Å². The Morgan fingerprint density at radius 1 is 0.811 bits per heavy atom. The van der Waals surface area contributed by atoms with Crippen LogP contribution in [-0.4, -0.2) is 11.7 Å². The van der Waals surface area contributed by atoms with E-state index in [2.05, 4.69) is 107 Å². The Hall–Kier alpha value is -4.29. The highest BCUT2D eigenvalue weighted by atomic mass is 32.2. The van der Waals surface area contributed by atoms with E-state index in [1.807, 2.05) is 60.4 Å². The molecule has 37 heavy (non-hydrogen) atoms. The third kappa shape index (κ3) is 6.29. The van der Waals surface area contributed by atoms with Gasteiger partial charge in [-0.2, -0.15) is 5.10 Å². The van der Waals surface area contributed by atoms with Crippen LogP contribution in [0.1, 0.15) is 33.5 Å². The van der Waals surface area contributed by atoms with Crippen molar-refractivity contribution in [2.24, 2.45) is 10.1 Å². The minimum atomic E-state index is -0.216. The first-order chi connectivity index (χ1) is 18.3. The van der Waals surface area contributed by atoms with Crippen molar-refractivity contribution in [3.63, 3.8) is 0 Å². The lowest BCUT2D eigenvalue weighted by Gasteiger charge is -2.23. The highest BCUT2D eigenvalue weighted by molar-refractivity contribution is 7.99. The van der Waals surface area contributed by atoms with E-state index in [1.54, 1.807) is 0 Å². The van der Waals surface area contributed by atoms with E-state index in [4.69, 9.17) is 4.99 Å². The molecule has 0 radical (unpaired) electrons. The molecule has 0 spiro atoms. The maximum atomic E-state index is 4.93. The van der Waals surface area contributed by atoms with E-state index in [0.29, 0.717) is 5.96 Å². The van der Waals surface area contributed by atoms with Gasteiger partial charge in [0.25, 0.3) is 0 Å². The molecular formula is C31H29N5S. The molecular weight excluding hydrogens is 474 g/mol. The lowest BCUT2D eigenvalue weighted by Crippen LogP contribution is -2.44. The zero-order valence-electron chi connectivity index (χ0n) is 20.6. The topological polar surface area (TPSA) is 60.8 Å². The number of aryl methyl sites for hydroxylation is 1. The fourth-order valence-corrected chi connectivity index (χ4v) is 5.22. The molecule has 1 aliphatic heterocycles. The number of benzene rings is 4. The molecule has 5 nitrogen and oxygen atoms in total. The van der Waals surface area contributed by atoms with E-state index >= 15 is 0 Å². The molecule has 2 atom stereocenters. The molecule has 1 aliphatic rings. The number of guanidine groups is 1. The molecule has 0 saturated heterocycles. The second-order valence-corrected chi connectivity index (χ2v) is 9.79. The number of nitrogens with one attached hydrogen (secondary N) is 3. The molecule has 2 unspecified atom stereocenters. The summed E-state index contributed by atoms with van der Waals surface area (Å²) in [6.45, 7) is 2.15. The second-order valence-electron chi connectivity index (χ2n) is 8.61. The number of aliphatic imine (C=N–C) groups is 1. The first-order valence-corrected chi connectivity index (χ1v) is 13.1. The summed E-state index contributed by atoms with van der Waals surface area (Å²) in [6.07, 6.45) is 4.07. The van der Waals surface area contributed by atoms with Crippen molar-refractivity contribution >= 4 is 23.4 Å². The van der Waals surface area contributed by atoms with E-state index in [-0.39, 0.29) is 11.3 Å². The standard InChI is InChI=1S/C31H29N5S/c1-23-13-11-12-20-27(23)37-28(24-14-5-2-6-15-24)21-22-32-35-31-33-29(25-16-7-3-8-17-25)30(34-36-31)26-18-9-4-10-19-26/h2-22,28-29,32H,1H3,(H2,33,35,36). The largest absolute Gasteiger partial charge is 0.306 e. The molecule has 0 amide bonds. The van der Waals surface area contributed by atoms with Gasteiger partial charge in [-0.05, 0) is 35.8 Å². The fraction of sp³-hybridized carbons (Fsp3) is 0.0968. The van der Waals surface area contributed by atoms with Crippen LogP contribution in [0.3, 0.4) is 0 Å². The zero-order valence-corrected chi connectivity index (χ0v) is 21.4. The lowest BCUT2D eigenvalue weighted by atomic mass is 9.97. The van der Waals surface area contributed by atoms with Crippen molar-refractivity contribution < 1.29 is 0 Å². The van der Waals surface area contributed by atoms with Crippen LogP contribution in [-0.2, 0) is 0 Å². The molecule has 0 aromatic heterocycles. The quantitative estimate of drug-likeness (QED) is 0.189. The second kappa shape index (κ2) is 12.1. The van der Waals surface area contributed by atoms with Gasteiger partial charge < -0.3 is 5.43 Å². The molecule has 6 heteroatoms. The van der Waals surface area contributed by atoms with E-state index < -0.39 is 0 Å². The molecule has 184 valence electrons. The third-order valence-corrected chi connectivity index (χ3v) is 7.40. The summed E-state index contributed by atoms with van der Waals surface area (Å²) in [5.74, 6) is 0.556. The van der Waals surface area contributed by atoms with Gasteiger partial charge in [0.1, 0.15) is 6.04 Å². The minimum Gasteiger partial charge on any atom is -0.306 e. The zero-order chi connectivity index (χ0) is 25.3. The summed E-state index contributed by atoms with van der Waals surface area (Å²) in [4.78, 5) is 6.19. The molecule has 3 N–H and O–H groups in total. The number of rotatable bonds is 8. The average Bonchev–Trinajstić information content (AvgIpc) is 2.97. The summed E-state index contributed by atoms with van der Waals surface area (Å²) >= 11 is 1.83. The lowest BCUT2D eigenvalue weighted by molar-refractivity contribution is 0.735. The van der Waals surface area contributed by atoms with Crippen molar-refractivity contribution in [3.05, 3.63) is 150 Å². The number of hydrazine groups is 1. The molecule has 0 aliphatic carbocycles. The van der Waals surface area contributed by atoms with Crippen molar-refractivity contribution in [1.29, 1.82) is 0 Å². The van der Waals surface area contributed by atoms with E-state index in [1.165, 1.54) is 16.0 Å². The Kier molecular flexibility index (Phi) is 7.98. The smallest absolute Gasteiger partial charge is 0.232 e. The number of nitrogens with zero attached hydrogens (tertiary/aromatic N) is 2. The number of hydrogen-bond donors (Lipinski definition) is 3. The summed E-state index contributed by atoms with van der Waals surface area (Å²) in [5, 5.41) is 4.82. The van der Waals surface area contributed by atoms with Crippen molar-refractivity contribution in [2.45, 2.75) is 23.1 Å². The van der Waals surface area contributed by atoms with Gasteiger partial charge in [-0.1, -0.05) is 109 Å². The monoisotopic (exact) mass is 503 g/mol. The Bertz CT molecular complexity index is 1390. The minimum absolute atomic E-state index is 0.151. The first kappa shape index (κ1) is 24.4. The molecule has 5 rings (SSSR count). The van der Waals surface area contributed by atoms with E-state index in [0.717, 1.165) is 16.8 Å². The Morgan fingerprint density at radius 3 is 2.19 bits per heavy atom. The summed E-state index contributed by atoms with van der Waals surface area (Å²) < 4.78 is 0. The Morgan fingerprint density at radius 2 is 1.46 bits per heavy atom. The van der Waals surface area contributed by atoms with Crippen LogP contribution in [0.15, 0.2) is 143 Å². The van der Waals surface area contributed by atoms with Crippen LogP contribution >= 0.6 is 11.8 Å². The average molecular weight is 504 g/mol. The maximum absolute atomic E-state index is 4.93. The number of hydrazone groups is 1. The van der Waals surface area contributed by atoms with Gasteiger partial charge in [0.2, 0.25) is 5.96 Å². The fourth-order valence-electron chi connectivity index (χ4n) is 4.08. The third-order valence-electron chi connectivity index (χ3n) is 6.00.